The van der Waals surface area contributed by atoms with Crippen LogP contribution in [0.15, 0.2) is 30.3 Å². The van der Waals surface area contributed by atoms with Gasteiger partial charge in [0.25, 0.3) is 0 Å². The van der Waals surface area contributed by atoms with Crippen LogP contribution in [0.3, 0.4) is 0 Å². The molecular weight excluding hydrogens is 258 g/mol. The molecule has 0 aliphatic carbocycles. The lowest BCUT2D eigenvalue weighted by Crippen LogP contribution is -2.24. The van der Waals surface area contributed by atoms with E-state index in [0.29, 0.717) is 0 Å². The molecule has 1 aromatic heterocycles. The molecule has 0 aliphatic heterocycles. The van der Waals surface area contributed by atoms with Gasteiger partial charge in [-0.25, -0.2) is 0 Å². The van der Waals surface area contributed by atoms with Crippen LogP contribution >= 0.6 is 0 Å². The summed E-state index contributed by atoms with van der Waals surface area (Å²) in [6, 6.07) is 10.7. The number of aromatic nitrogens is 1. The van der Waals surface area contributed by atoms with Crippen molar-refractivity contribution in [1.82, 2.24) is 10.3 Å². The Balaban J connectivity index is 2.42. The molecule has 2 rings (SSSR count). The highest BCUT2D eigenvalue weighted by molar-refractivity contribution is 5.92. The first-order valence-corrected chi connectivity index (χ1v) is 8.14. The van der Waals surface area contributed by atoms with Gasteiger partial charge < -0.3 is 10.2 Å². The first-order valence-electron chi connectivity index (χ1n) is 8.14. The first kappa shape index (κ1) is 15.8. The normalized spacial score (nSPS) is 11.0. The van der Waals surface area contributed by atoms with E-state index in [1.165, 1.54) is 23.9 Å². The number of hydrogen-bond donors (Lipinski definition) is 1. The Morgan fingerprint density at radius 3 is 2.67 bits per heavy atom. The van der Waals surface area contributed by atoms with Crippen molar-refractivity contribution < 1.29 is 0 Å². The summed E-state index contributed by atoms with van der Waals surface area (Å²) in [5.41, 5.74) is 3.54. The number of fused-ring (bicyclic) bond motifs is 1. The fraction of sp³-hybridized carbons (Fsp3) is 0.500. The van der Waals surface area contributed by atoms with E-state index < -0.39 is 0 Å². The molecule has 0 bridgehead atoms. The van der Waals surface area contributed by atoms with Crippen molar-refractivity contribution in [3.05, 3.63) is 36.0 Å². The van der Waals surface area contributed by atoms with E-state index in [4.69, 9.17) is 4.98 Å². The van der Waals surface area contributed by atoms with Crippen LogP contribution in [0.4, 0.5) is 5.69 Å². The smallest absolute Gasteiger partial charge is 0.0726 e. The maximum atomic E-state index is 4.78. The molecule has 0 aliphatic rings. The predicted molar refractivity (Wildman–Crippen MR) is 91.9 cm³/mol. The largest absolute Gasteiger partial charge is 0.371 e. The SMILES string of the molecule is CCCCN(CC)c1cc(CNCC)nc2ccccc12. The molecule has 3 heteroatoms. The van der Waals surface area contributed by atoms with Crippen molar-refractivity contribution in [2.24, 2.45) is 0 Å². The van der Waals surface area contributed by atoms with E-state index in [9.17, 15) is 0 Å². The summed E-state index contributed by atoms with van der Waals surface area (Å²) in [6.07, 6.45) is 2.46. The van der Waals surface area contributed by atoms with Crippen LogP contribution in [0, 0.1) is 0 Å². The minimum Gasteiger partial charge on any atom is -0.371 e. The van der Waals surface area contributed by atoms with Gasteiger partial charge in [0, 0.05) is 30.7 Å². The first-order chi connectivity index (χ1) is 10.3. The molecule has 1 heterocycles. The second kappa shape index (κ2) is 7.99. The van der Waals surface area contributed by atoms with Crippen molar-refractivity contribution in [3.63, 3.8) is 0 Å². The van der Waals surface area contributed by atoms with Crippen LogP contribution in [0.5, 0.6) is 0 Å². The van der Waals surface area contributed by atoms with Gasteiger partial charge in [-0.15, -0.1) is 0 Å². The van der Waals surface area contributed by atoms with Gasteiger partial charge in [0.15, 0.2) is 0 Å². The van der Waals surface area contributed by atoms with Crippen LogP contribution in [-0.4, -0.2) is 24.6 Å². The summed E-state index contributed by atoms with van der Waals surface area (Å²) in [5.74, 6) is 0. The van der Waals surface area contributed by atoms with E-state index in [-0.39, 0.29) is 0 Å². The van der Waals surface area contributed by atoms with Crippen molar-refractivity contribution in [2.75, 3.05) is 24.5 Å². The van der Waals surface area contributed by atoms with Crippen LogP contribution in [0.2, 0.25) is 0 Å². The summed E-state index contributed by atoms with van der Waals surface area (Å²) < 4.78 is 0. The molecule has 0 unspecified atom stereocenters. The zero-order valence-electron chi connectivity index (χ0n) is 13.5. The Labute approximate surface area is 128 Å². The van der Waals surface area contributed by atoms with Crippen LogP contribution < -0.4 is 10.2 Å². The highest BCUT2D eigenvalue weighted by atomic mass is 15.1. The molecule has 0 atom stereocenters. The Morgan fingerprint density at radius 2 is 1.95 bits per heavy atom. The van der Waals surface area contributed by atoms with Gasteiger partial charge in [-0.1, -0.05) is 38.5 Å². The van der Waals surface area contributed by atoms with E-state index in [1.807, 2.05) is 0 Å². The number of pyridine rings is 1. The minimum absolute atomic E-state index is 0.833. The van der Waals surface area contributed by atoms with Gasteiger partial charge in [0.05, 0.1) is 11.2 Å². The quantitative estimate of drug-likeness (QED) is 0.795. The summed E-state index contributed by atoms with van der Waals surface area (Å²) in [7, 11) is 0. The maximum absolute atomic E-state index is 4.78. The fourth-order valence-corrected chi connectivity index (χ4v) is 2.61. The third-order valence-corrected chi connectivity index (χ3v) is 3.81. The number of rotatable bonds is 8. The van der Waals surface area contributed by atoms with Crippen LogP contribution in [0.25, 0.3) is 10.9 Å². The van der Waals surface area contributed by atoms with Gasteiger partial charge in [-0.3, -0.25) is 4.98 Å². The summed E-state index contributed by atoms with van der Waals surface area (Å²) >= 11 is 0. The third-order valence-electron chi connectivity index (χ3n) is 3.81. The number of unbranched alkanes of at least 4 members (excludes halogenated alkanes) is 1. The molecule has 2 aromatic rings. The van der Waals surface area contributed by atoms with Gasteiger partial charge >= 0.3 is 0 Å². The van der Waals surface area contributed by atoms with Gasteiger partial charge in [0.1, 0.15) is 0 Å². The summed E-state index contributed by atoms with van der Waals surface area (Å²) in [6.45, 7) is 10.6. The number of benzene rings is 1. The lowest BCUT2D eigenvalue weighted by Gasteiger charge is -2.25. The number of hydrogen-bond acceptors (Lipinski definition) is 3. The predicted octanol–water partition coefficient (Wildman–Crippen LogP) is 3.97. The average Bonchev–Trinajstić information content (AvgIpc) is 2.53. The van der Waals surface area contributed by atoms with Crippen molar-refractivity contribution >= 4 is 16.6 Å². The number of anilines is 1. The van der Waals surface area contributed by atoms with E-state index in [2.05, 4.69) is 61.3 Å². The zero-order chi connectivity index (χ0) is 15.1. The van der Waals surface area contributed by atoms with Crippen LogP contribution in [0.1, 0.15) is 39.3 Å². The molecule has 0 amide bonds. The summed E-state index contributed by atoms with van der Waals surface area (Å²) in [5, 5.41) is 4.64. The lowest BCUT2D eigenvalue weighted by molar-refractivity contribution is 0.709. The van der Waals surface area contributed by atoms with Crippen molar-refractivity contribution in [2.45, 2.75) is 40.2 Å². The van der Waals surface area contributed by atoms with Crippen molar-refractivity contribution in [1.29, 1.82) is 0 Å². The molecule has 3 nitrogen and oxygen atoms in total. The molecule has 1 aromatic carbocycles. The van der Waals surface area contributed by atoms with E-state index >= 15 is 0 Å². The second-order valence-electron chi connectivity index (χ2n) is 5.36. The molecular formula is C18H27N3. The third kappa shape index (κ3) is 3.94. The topological polar surface area (TPSA) is 28.2 Å². The van der Waals surface area contributed by atoms with E-state index in [1.54, 1.807) is 0 Å². The van der Waals surface area contributed by atoms with E-state index in [0.717, 1.165) is 37.4 Å². The second-order valence-corrected chi connectivity index (χ2v) is 5.36. The summed E-state index contributed by atoms with van der Waals surface area (Å²) in [4.78, 5) is 7.26. The lowest BCUT2D eigenvalue weighted by atomic mass is 10.1. The minimum atomic E-state index is 0.833. The van der Waals surface area contributed by atoms with Gasteiger partial charge in [-0.2, -0.15) is 0 Å². The van der Waals surface area contributed by atoms with Crippen LogP contribution in [-0.2, 0) is 6.54 Å². The Kier molecular flexibility index (Phi) is 6.00. The monoisotopic (exact) mass is 285 g/mol. The highest BCUT2D eigenvalue weighted by Crippen LogP contribution is 2.27. The molecule has 0 spiro atoms. The molecule has 1 N–H and O–H groups in total. The molecule has 0 fully saturated rings. The number of nitrogens with one attached hydrogen (secondary N) is 1. The molecule has 0 saturated heterocycles. The Hall–Kier alpha value is -1.61. The maximum Gasteiger partial charge on any atom is 0.0726 e. The molecule has 0 saturated carbocycles. The number of nitrogens with zero attached hydrogens (tertiary/aromatic N) is 2. The Morgan fingerprint density at radius 1 is 1.14 bits per heavy atom. The molecule has 114 valence electrons. The highest BCUT2D eigenvalue weighted by Gasteiger charge is 2.11. The van der Waals surface area contributed by atoms with Crippen molar-refractivity contribution in [3.8, 4) is 0 Å². The van der Waals surface area contributed by atoms with Gasteiger partial charge in [0.2, 0.25) is 0 Å². The Bertz CT molecular complexity index is 565. The fourth-order valence-electron chi connectivity index (χ4n) is 2.61. The average molecular weight is 285 g/mol. The van der Waals surface area contributed by atoms with Gasteiger partial charge in [-0.05, 0) is 32.0 Å². The molecule has 21 heavy (non-hydrogen) atoms. The number of para-hydroxylation sites is 1. The molecule has 0 radical (unpaired) electrons. The standard InChI is InChI=1S/C18H27N3/c1-4-7-12-21(6-3)18-13-15(14-19-5-2)20-17-11-9-8-10-16(17)18/h8-11,13,19H,4-7,12,14H2,1-3H3. The zero-order valence-corrected chi connectivity index (χ0v) is 13.5.